The van der Waals surface area contributed by atoms with E-state index in [4.69, 9.17) is 18.9 Å². The van der Waals surface area contributed by atoms with E-state index in [0.717, 1.165) is 77.0 Å². The van der Waals surface area contributed by atoms with E-state index >= 15 is 0 Å². The van der Waals surface area contributed by atoms with Crippen LogP contribution in [-0.2, 0) is 38.7 Å². The fourth-order valence-corrected chi connectivity index (χ4v) is 6.88. The predicted octanol–water partition coefficient (Wildman–Crippen LogP) is 7.67. The Labute approximate surface area is 326 Å². The second-order valence-electron chi connectivity index (χ2n) is 14.6. The highest BCUT2D eigenvalue weighted by Crippen LogP contribution is 2.24. The summed E-state index contributed by atoms with van der Waals surface area (Å²) in [5.74, 6) is -2.00. The van der Waals surface area contributed by atoms with E-state index in [1.807, 2.05) is 0 Å². The van der Waals surface area contributed by atoms with Crippen molar-refractivity contribution >= 4 is 22.1 Å². The highest BCUT2D eigenvalue weighted by atomic mass is 32.2. The van der Waals surface area contributed by atoms with Crippen molar-refractivity contribution < 1.29 is 56.8 Å². The third-order valence-corrected chi connectivity index (χ3v) is 10.3. The van der Waals surface area contributed by atoms with Crippen molar-refractivity contribution in [2.75, 3.05) is 19.0 Å². The molecule has 1 rings (SSSR count). The Morgan fingerprint density at radius 1 is 0.611 bits per heavy atom. The molecule has 0 bridgehead atoms. The van der Waals surface area contributed by atoms with Gasteiger partial charge < -0.3 is 34.3 Å². The molecule has 0 aromatic rings. The lowest BCUT2D eigenvalue weighted by Crippen LogP contribution is -2.60. The van der Waals surface area contributed by atoms with Gasteiger partial charge in [0.25, 0.3) is 10.1 Å². The molecule has 1 aliphatic rings. The second-order valence-corrected chi connectivity index (χ2v) is 16.1. The molecule has 0 aliphatic carbocycles. The Bertz CT molecular complexity index is 1110. The molecule has 1 aliphatic heterocycles. The average molecular weight is 791 g/mol. The van der Waals surface area contributed by atoms with Crippen molar-refractivity contribution in [2.24, 2.45) is 0 Å². The number of aliphatic hydroxyl groups is 3. The molecule has 1 saturated heterocycles. The summed E-state index contributed by atoms with van der Waals surface area (Å²) >= 11 is 0. The van der Waals surface area contributed by atoms with Crippen LogP contribution in [0.1, 0.15) is 168 Å². The van der Waals surface area contributed by atoms with Crippen molar-refractivity contribution in [3.8, 4) is 0 Å². The van der Waals surface area contributed by atoms with Crippen LogP contribution in [0, 0.1) is 0 Å². The van der Waals surface area contributed by atoms with E-state index in [0.29, 0.717) is 12.8 Å². The van der Waals surface area contributed by atoms with Crippen LogP contribution < -0.4 is 0 Å². The Hall–Kier alpha value is -1.87. The third kappa shape index (κ3) is 26.9. The molecule has 316 valence electrons. The Kier molecular flexibility index (Phi) is 29.9. The number of esters is 2. The number of carbonyl (C=O) groups is 2. The number of rotatable bonds is 34. The van der Waals surface area contributed by atoms with Crippen molar-refractivity contribution in [1.82, 2.24) is 0 Å². The molecule has 0 amide bonds. The SMILES string of the molecule is CCCCCC/C=C/CCCCCCCC(=O)OC[C@H](CO[C@@H]1O[C@@H](CS(=O)(=O)O)[C@H](O)C(O)C1O)OC(=O)CCCCCCC/C=C/CCCCCC. The highest BCUT2D eigenvalue weighted by Gasteiger charge is 2.46. The summed E-state index contributed by atoms with van der Waals surface area (Å²) in [6.45, 7) is 3.69. The van der Waals surface area contributed by atoms with Gasteiger partial charge in [-0.3, -0.25) is 14.1 Å². The van der Waals surface area contributed by atoms with E-state index < -0.39 is 71.2 Å². The Morgan fingerprint density at radius 2 is 1.06 bits per heavy atom. The molecular formula is C41H74O12S. The maximum Gasteiger partial charge on any atom is 0.306 e. The van der Waals surface area contributed by atoms with Gasteiger partial charge in [-0.15, -0.1) is 0 Å². The van der Waals surface area contributed by atoms with Gasteiger partial charge in [0.1, 0.15) is 36.8 Å². The van der Waals surface area contributed by atoms with Crippen molar-refractivity contribution in [3.63, 3.8) is 0 Å². The van der Waals surface area contributed by atoms with E-state index in [2.05, 4.69) is 38.2 Å². The highest BCUT2D eigenvalue weighted by molar-refractivity contribution is 7.85. The summed E-state index contributed by atoms with van der Waals surface area (Å²) in [4.78, 5) is 25.3. The minimum absolute atomic E-state index is 0.154. The zero-order chi connectivity index (χ0) is 39.9. The van der Waals surface area contributed by atoms with Gasteiger partial charge in [-0.05, 0) is 64.2 Å². The van der Waals surface area contributed by atoms with Gasteiger partial charge in [0.05, 0.1) is 6.61 Å². The summed E-state index contributed by atoms with van der Waals surface area (Å²) in [6, 6.07) is 0. The lowest BCUT2D eigenvalue weighted by Gasteiger charge is -2.40. The molecule has 13 heteroatoms. The van der Waals surface area contributed by atoms with Crippen molar-refractivity contribution in [3.05, 3.63) is 24.3 Å². The number of hydrogen-bond acceptors (Lipinski definition) is 11. The van der Waals surface area contributed by atoms with Crippen molar-refractivity contribution in [2.45, 2.75) is 205 Å². The monoisotopic (exact) mass is 790 g/mol. The molecule has 2 unspecified atom stereocenters. The minimum Gasteiger partial charge on any atom is -0.462 e. The second kappa shape index (κ2) is 32.2. The van der Waals surface area contributed by atoms with Crippen LogP contribution in [-0.4, -0.2) is 96.0 Å². The van der Waals surface area contributed by atoms with Crippen LogP contribution in [0.2, 0.25) is 0 Å². The van der Waals surface area contributed by atoms with E-state index in [1.165, 1.54) is 51.4 Å². The number of aliphatic hydroxyl groups excluding tert-OH is 3. The predicted molar refractivity (Wildman–Crippen MR) is 210 cm³/mol. The number of ether oxygens (including phenoxy) is 4. The fraction of sp³-hybridized carbons (Fsp3) is 0.854. The van der Waals surface area contributed by atoms with Crippen LogP contribution in [0.5, 0.6) is 0 Å². The number of unbranched alkanes of at least 4 members (excludes halogenated alkanes) is 18. The normalized spacial score (nSPS) is 21.2. The Morgan fingerprint density at radius 3 is 1.54 bits per heavy atom. The first-order chi connectivity index (χ1) is 26.0. The number of allylic oxidation sites excluding steroid dienone is 4. The fourth-order valence-electron chi connectivity index (χ4n) is 6.19. The lowest BCUT2D eigenvalue weighted by molar-refractivity contribution is -0.297. The zero-order valence-electron chi connectivity index (χ0n) is 33.3. The number of carbonyl (C=O) groups excluding carboxylic acids is 2. The third-order valence-electron chi connectivity index (χ3n) is 9.50. The van der Waals surface area contributed by atoms with Gasteiger partial charge in [-0.25, -0.2) is 0 Å². The largest absolute Gasteiger partial charge is 0.462 e. The van der Waals surface area contributed by atoms with Crippen molar-refractivity contribution in [1.29, 1.82) is 0 Å². The quantitative estimate of drug-likeness (QED) is 0.0216. The van der Waals surface area contributed by atoms with Gasteiger partial charge in [-0.2, -0.15) is 8.42 Å². The molecule has 0 aromatic carbocycles. The van der Waals surface area contributed by atoms with Crippen LogP contribution in [0.4, 0.5) is 0 Å². The van der Waals surface area contributed by atoms with E-state index in [-0.39, 0.29) is 19.4 Å². The molecule has 0 aromatic heterocycles. The first-order valence-electron chi connectivity index (χ1n) is 20.9. The smallest absolute Gasteiger partial charge is 0.306 e. The molecule has 1 fully saturated rings. The van der Waals surface area contributed by atoms with Gasteiger partial charge in [0, 0.05) is 12.8 Å². The molecule has 12 nitrogen and oxygen atoms in total. The first-order valence-corrected chi connectivity index (χ1v) is 22.5. The van der Waals surface area contributed by atoms with Gasteiger partial charge in [0.2, 0.25) is 0 Å². The zero-order valence-corrected chi connectivity index (χ0v) is 34.1. The maximum absolute atomic E-state index is 12.7. The maximum atomic E-state index is 12.7. The van der Waals surface area contributed by atoms with Gasteiger partial charge in [0.15, 0.2) is 12.4 Å². The lowest BCUT2D eigenvalue weighted by atomic mass is 10.00. The van der Waals surface area contributed by atoms with Crippen LogP contribution in [0.25, 0.3) is 0 Å². The first kappa shape index (κ1) is 50.1. The topological polar surface area (TPSA) is 186 Å². The summed E-state index contributed by atoms with van der Waals surface area (Å²) in [7, 11) is -4.60. The molecule has 6 atom stereocenters. The molecule has 1 heterocycles. The van der Waals surface area contributed by atoms with Crippen LogP contribution in [0.15, 0.2) is 24.3 Å². The minimum atomic E-state index is -4.60. The molecule has 0 spiro atoms. The molecule has 4 N–H and O–H groups in total. The summed E-state index contributed by atoms with van der Waals surface area (Å²) in [6.07, 6.45) is 23.7. The number of hydrogen-bond donors (Lipinski definition) is 4. The molecule has 0 radical (unpaired) electrons. The standard InChI is InChI=1S/C41H74O12S/c1-3-5-7-9-11-13-15-17-19-21-23-25-27-29-36(42)50-31-34(32-51-41-40(46)39(45)38(44)35(53-41)33-54(47,48)49)52-37(43)30-28-26-24-22-20-18-16-14-12-10-8-6-4-2/h13-16,34-35,38-41,44-46H,3-12,17-33H2,1-2H3,(H,47,48,49)/b15-13+,16-14+/t34-,35+,38+,39?,40?,41-/m1/s1. The average Bonchev–Trinajstić information content (AvgIpc) is 3.13. The van der Waals surface area contributed by atoms with Crippen LogP contribution in [0.3, 0.4) is 0 Å². The Balaban J connectivity index is 2.51. The van der Waals surface area contributed by atoms with Crippen LogP contribution >= 0.6 is 0 Å². The molecule has 54 heavy (non-hydrogen) atoms. The van der Waals surface area contributed by atoms with E-state index in [9.17, 15) is 37.9 Å². The summed E-state index contributed by atoms with van der Waals surface area (Å²) in [5.41, 5.74) is 0. The van der Waals surface area contributed by atoms with Gasteiger partial charge >= 0.3 is 11.9 Å². The summed E-state index contributed by atoms with van der Waals surface area (Å²) < 4.78 is 53.9. The summed E-state index contributed by atoms with van der Waals surface area (Å²) in [5, 5.41) is 30.8. The van der Waals surface area contributed by atoms with E-state index in [1.54, 1.807) is 0 Å². The molecule has 0 saturated carbocycles. The van der Waals surface area contributed by atoms with Gasteiger partial charge in [-0.1, -0.05) is 115 Å². The molecular weight excluding hydrogens is 717 g/mol.